The van der Waals surface area contributed by atoms with Crippen LogP contribution in [0.5, 0.6) is 11.5 Å². The molecule has 10 nitrogen and oxygen atoms in total. The molecular weight excluding hydrogens is 593 g/mol. The standard InChI is InChI=1S/C28H27Cl2N3O7S/c1-17(34)31-23-5-2-3-7-26(23)40-21-10-8-18(9-11-21)13-24(28(36)37)32-27(35)25-6-4-12-33(25)41(38,39)22-15-19(29)14-20(30)16-22/h2-3,5,7-11,14-16,24-25H,4,6,12-13H2,1H3,(H,31,34)(H,32,35)(H,36,37)/t24-,25-/m0/s1. The number of hydrogen-bond acceptors (Lipinski definition) is 6. The Morgan fingerprint density at radius 2 is 1.71 bits per heavy atom. The number of carboxylic acids is 1. The highest BCUT2D eigenvalue weighted by molar-refractivity contribution is 7.89. The van der Waals surface area contributed by atoms with Crippen molar-refractivity contribution in [1.82, 2.24) is 9.62 Å². The maximum atomic E-state index is 13.3. The first-order valence-corrected chi connectivity index (χ1v) is 14.8. The van der Waals surface area contributed by atoms with Gasteiger partial charge in [0.15, 0.2) is 5.75 Å². The van der Waals surface area contributed by atoms with Gasteiger partial charge in [0.1, 0.15) is 17.8 Å². The van der Waals surface area contributed by atoms with Gasteiger partial charge < -0.3 is 20.5 Å². The fourth-order valence-corrected chi connectivity index (χ4v) is 6.86. The van der Waals surface area contributed by atoms with E-state index in [0.29, 0.717) is 29.2 Å². The monoisotopic (exact) mass is 619 g/mol. The Kier molecular flexibility index (Phi) is 9.54. The lowest BCUT2D eigenvalue weighted by molar-refractivity contribution is -0.142. The van der Waals surface area contributed by atoms with Crippen molar-refractivity contribution >= 4 is 56.7 Å². The van der Waals surface area contributed by atoms with Crippen molar-refractivity contribution in [2.75, 3.05) is 11.9 Å². The molecular formula is C28H27Cl2N3O7S. The summed E-state index contributed by atoms with van der Waals surface area (Å²) < 4.78 is 33.5. The number of nitrogens with one attached hydrogen (secondary N) is 2. The fraction of sp³-hybridized carbons (Fsp3) is 0.250. The SMILES string of the molecule is CC(=O)Nc1ccccc1Oc1ccc(C[C@H](NC(=O)[C@@H]2CCCN2S(=O)(=O)c2cc(Cl)cc(Cl)c2)C(=O)O)cc1. The van der Waals surface area contributed by atoms with Crippen molar-refractivity contribution < 1.29 is 32.6 Å². The van der Waals surface area contributed by atoms with Crippen LogP contribution in [0.2, 0.25) is 10.0 Å². The predicted octanol–water partition coefficient (Wildman–Crippen LogP) is 4.71. The molecule has 1 saturated heterocycles. The number of carbonyl (C=O) groups excluding carboxylic acids is 2. The number of ether oxygens (including phenoxy) is 1. The number of rotatable bonds is 10. The summed E-state index contributed by atoms with van der Waals surface area (Å²) in [6.45, 7) is 1.48. The first-order valence-electron chi connectivity index (χ1n) is 12.6. The van der Waals surface area contributed by atoms with E-state index >= 15 is 0 Å². The summed E-state index contributed by atoms with van der Waals surface area (Å²) in [7, 11) is -4.11. The number of carbonyl (C=O) groups is 3. The number of sulfonamides is 1. The van der Waals surface area contributed by atoms with Gasteiger partial charge in [0.05, 0.1) is 10.6 Å². The van der Waals surface area contributed by atoms with Crippen LogP contribution in [-0.4, -0.2) is 54.2 Å². The number of anilines is 1. The van der Waals surface area contributed by atoms with Gasteiger partial charge in [-0.05, 0) is 60.9 Å². The zero-order valence-electron chi connectivity index (χ0n) is 21.8. The molecule has 2 atom stereocenters. The molecule has 1 aliphatic rings. The van der Waals surface area contributed by atoms with Gasteiger partial charge in [0.2, 0.25) is 21.8 Å². The minimum atomic E-state index is -4.11. The molecule has 0 radical (unpaired) electrons. The van der Waals surface area contributed by atoms with Crippen LogP contribution in [0.3, 0.4) is 0 Å². The number of aliphatic carboxylic acids is 1. The van der Waals surface area contributed by atoms with E-state index in [4.69, 9.17) is 27.9 Å². The summed E-state index contributed by atoms with van der Waals surface area (Å²) in [6, 6.07) is 15.0. The number of para-hydroxylation sites is 2. The third-order valence-corrected chi connectivity index (χ3v) is 8.67. The average molecular weight is 621 g/mol. The van der Waals surface area contributed by atoms with Crippen LogP contribution in [0.15, 0.2) is 71.6 Å². The molecule has 2 amide bonds. The van der Waals surface area contributed by atoms with Crippen LogP contribution in [-0.2, 0) is 30.8 Å². The lowest BCUT2D eigenvalue weighted by Gasteiger charge is -2.25. The smallest absolute Gasteiger partial charge is 0.326 e. The molecule has 4 rings (SSSR count). The predicted molar refractivity (Wildman–Crippen MR) is 154 cm³/mol. The topological polar surface area (TPSA) is 142 Å². The lowest BCUT2D eigenvalue weighted by Crippen LogP contribution is -2.51. The molecule has 1 fully saturated rings. The van der Waals surface area contributed by atoms with Gasteiger partial charge in [-0.25, -0.2) is 13.2 Å². The Labute approximate surface area is 247 Å². The van der Waals surface area contributed by atoms with Crippen LogP contribution in [0.4, 0.5) is 5.69 Å². The van der Waals surface area contributed by atoms with E-state index < -0.39 is 34.0 Å². The molecule has 1 heterocycles. The molecule has 41 heavy (non-hydrogen) atoms. The summed E-state index contributed by atoms with van der Waals surface area (Å²) in [5.41, 5.74) is 1.10. The van der Waals surface area contributed by atoms with Gasteiger partial charge in [0.25, 0.3) is 0 Å². The Bertz CT molecular complexity index is 1540. The fourth-order valence-electron chi connectivity index (χ4n) is 4.48. The molecule has 3 aromatic carbocycles. The van der Waals surface area contributed by atoms with E-state index in [2.05, 4.69) is 10.6 Å². The Hall–Kier alpha value is -3.64. The van der Waals surface area contributed by atoms with Crippen molar-refractivity contribution in [2.45, 2.75) is 43.2 Å². The summed E-state index contributed by atoms with van der Waals surface area (Å²) >= 11 is 12.0. The van der Waals surface area contributed by atoms with E-state index in [-0.39, 0.29) is 40.2 Å². The maximum Gasteiger partial charge on any atom is 0.326 e. The number of halogens is 2. The molecule has 0 spiro atoms. The van der Waals surface area contributed by atoms with Crippen molar-refractivity contribution in [3.05, 3.63) is 82.3 Å². The molecule has 0 aliphatic carbocycles. The van der Waals surface area contributed by atoms with Crippen molar-refractivity contribution in [1.29, 1.82) is 0 Å². The molecule has 3 N–H and O–H groups in total. The summed E-state index contributed by atoms with van der Waals surface area (Å²) in [4.78, 5) is 36.5. The van der Waals surface area contributed by atoms with E-state index in [1.54, 1.807) is 48.5 Å². The van der Waals surface area contributed by atoms with Crippen LogP contribution in [0, 0.1) is 0 Å². The maximum absolute atomic E-state index is 13.3. The largest absolute Gasteiger partial charge is 0.480 e. The highest BCUT2D eigenvalue weighted by atomic mass is 35.5. The lowest BCUT2D eigenvalue weighted by atomic mass is 10.1. The first kappa shape index (κ1) is 30.3. The normalized spacial score (nSPS) is 16.1. The summed E-state index contributed by atoms with van der Waals surface area (Å²) in [5, 5.41) is 15.3. The van der Waals surface area contributed by atoms with Gasteiger partial charge in [0, 0.05) is 29.9 Å². The Morgan fingerprint density at radius 1 is 1.05 bits per heavy atom. The van der Waals surface area contributed by atoms with Crippen molar-refractivity contribution in [2.24, 2.45) is 0 Å². The number of amides is 2. The number of benzene rings is 3. The van der Waals surface area contributed by atoms with Crippen molar-refractivity contribution in [3.63, 3.8) is 0 Å². The van der Waals surface area contributed by atoms with Crippen LogP contribution in [0.25, 0.3) is 0 Å². The minimum absolute atomic E-state index is 0.0484. The summed E-state index contributed by atoms with van der Waals surface area (Å²) in [6.07, 6.45) is 0.612. The van der Waals surface area contributed by atoms with Gasteiger partial charge in [-0.3, -0.25) is 9.59 Å². The number of nitrogens with zero attached hydrogens (tertiary/aromatic N) is 1. The van der Waals surface area contributed by atoms with Crippen LogP contribution < -0.4 is 15.4 Å². The van der Waals surface area contributed by atoms with E-state index in [1.165, 1.54) is 25.1 Å². The van der Waals surface area contributed by atoms with Gasteiger partial charge >= 0.3 is 5.97 Å². The molecule has 0 saturated carbocycles. The van der Waals surface area contributed by atoms with E-state index in [9.17, 15) is 27.9 Å². The second-order valence-electron chi connectivity index (χ2n) is 9.41. The second-order valence-corrected chi connectivity index (χ2v) is 12.2. The zero-order chi connectivity index (χ0) is 29.7. The van der Waals surface area contributed by atoms with Crippen LogP contribution in [0.1, 0.15) is 25.3 Å². The second kappa shape index (κ2) is 12.9. The minimum Gasteiger partial charge on any atom is -0.480 e. The van der Waals surface area contributed by atoms with E-state index in [1.807, 2.05) is 0 Å². The summed E-state index contributed by atoms with van der Waals surface area (Å²) in [5.74, 6) is -1.33. The highest BCUT2D eigenvalue weighted by Crippen LogP contribution is 2.31. The van der Waals surface area contributed by atoms with Gasteiger partial charge in [-0.2, -0.15) is 4.31 Å². The number of hydrogen-bond donors (Lipinski definition) is 3. The quantitative estimate of drug-likeness (QED) is 0.298. The van der Waals surface area contributed by atoms with Crippen LogP contribution >= 0.6 is 23.2 Å². The molecule has 0 bridgehead atoms. The van der Waals surface area contributed by atoms with Crippen molar-refractivity contribution in [3.8, 4) is 11.5 Å². The van der Waals surface area contributed by atoms with Gasteiger partial charge in [-0.15, -0.1) is 0 Å². The molecule has 0 aromatic heterocycles. The third kappa shape index (κ3) is 7.56. The zero-order valence-corrected chi connectivity index (χ0v) is 24.2. The Balaban J connectivity index is 1.44. The first-order chi connectivity index (χ1) is 19.4. The Morgan fingerprint density at radius 3 is 2.34 bits per heavy atom. The molecule has 1 aliphatic heterocycles. The molecule has 13 heteroatoms. The molecule has 216 valence electrons. The highest BCUT2D eigenvalue weighted by Gasteiger charge is 2.40. The third-order valence-electron chi connectivity index (χ3n) is 6.35. The number of carboxylic acid groups (broad SMARTS) is 1. The van der Waals surface area contributed by atoms with E-state index in [0.717, 1.165) is 4.31 Å². The molecule has 0 unspecified atom stereocenters. The molecule has 3 aromatic rings. The van der Waals surface area contributed by atoms with Gasteiger partial charge in [-0.1, -0.05) is 47.5 Å². The average Bonchev–Trinajstić information content (AvgIpc) is 3.41.